The smallest absolute Gasteiger partial charge is 0.179 e. The molecular formula is C10H13N3O. The first kappa shape index (κ1) is 9.02. The number of nitrogens with zero attached hydrogens (tertiary/aromatic N) is 2. The van der Waals surface area contributed by atoms with Gasteiger partial charge in [0.2, 0.25) is 0 Å². The fourth-order valence-electron chi connectivity index (χ4n) is 1.65. The average Bonchev–Trinajstić information content (AvgIpc) is 2.47. The Kier molecular flexibility index (Phi) is 2.13. The summed E-state index contributed by atoms with van der Waals surface area (Å²) in [5.41, 5.74) is 8.11. The molecule has 4 heteroatoms. The van der Waals surface area contributed by atoms with Gasteiger partial charge in [0.1, 0.15) is 0 Å². The van der Waals surface area contributed by atoms with Crippen LogP contribution in [0.25, 0.3) is 5.65 Å². The molecule has 74 valence electrons. The first-order valence-corrected chi connectivity index (χ1v) is 4.59. The van der Waals surface area contributed by atoms with Crippen molar-refractivity contribution in [3.63, 3.8) is 0 Å². The van der Waals surface area contributed by atoms with Crippen molar-refractivity contribution >= 4 is 5.65 Å². The third kappa shape index (κ3) is 1.24. The summed E-state index contributed by atoms with van der Waals surface area (Å²) in [6.07, 6.45) is 2.66. The molecule has 0 saturated heterocycles. The molecule has 4 nitrogen and oxygen atoms in total. The first-order chi connectivity index (χ1) is 6.74. The number of aromatic nitrogens is 2. The molecule has 0 amide bonds. The summed E-state index contributed by atoms with van der Waals surface area (Å²) in [6.45, 7) is 2.52. The normalized spacial score (nSPS) is 11.0. The van der Waals surface area contributed by atoms with Gasteiger partial charge in [-0.3, -0.25) is 0 Å². The Balaban J connectivity index is 2.70. The quantitative estimate of drug-likeness (QED) is 0.739. The molecule has 0 aromatic carbocycles. The molecule has 3 N–H and O–H groups in total. The van der Waals surface area contributed by atoms with Gasteiger partial charge in [0.25, 0.3) is 0 Å². The van der Waals surface area contributed by atoms with Gasteiger partial charge in [0, 0.05) is 18.3 Å². The lowest BCUT2D eigenvalue weighted by molar-refractivity contribution is 0.477. The lowest BCUT2D eigenvalue weighted by atomic mass is 10.2. The van der Waals surface area contributed by atoms with Crippen molar-refractivity contribution in [1.29, 1.82) is 0 Å². The van der Waals surface area contributed by atoms with Gasteiger partial charge in [-0.2, -0.15) is 0 Å². The molecule has 2 aromatic heterocycles. The Morgan fingerprint density at radius 3 is 3.07 bits per heavy atom. The highest BCUT2D eigenvalue weighted by Crippen LogP contribution is 2.20. The summed E-state index contributed by atoms with van der Waals surface area (Å²) < 4.78 is 1.89. The largest absolute Gasteiger partial charge is 0.504 e. The van der Waals surface area contributed by atoms with Gasteiger partial charge in [-0.1, -0.05) is 0 Å². The van der Waals surface area contributed by atoms with Crippen LogP contribution in [-0.4, -0.2) is 21.0 Å². The summed E-state index contributed by atoms with van der Waals surface area (Å²) in [6, 6.07) is 3.43. The third-order valence-electron chi connectivity index (χ3n) is 2.31. The number of fused-ring (bicyclic) bond motifs is 1. The highest BCUT2D eigenvalue weighted by Gasteiger charge is 2.09. The van der Waals surface area contributed by atoms with E-state index < -0.39 is 0 Å². The van der Waals surface area contributed by atoms with Crippen molar-refractivity contribution in [3.05, 3.63) is 29.7 Å². The lowest BCUT2D eigenvalue weighted by Gasteiger charge is -2.00. The number of nitrogens with two attached hydrogens (primary N) is 1. The molecule has 0 atom stereocenters. The molecule has 0 aliphatic rings. The molecule has 14 heavy (non-hydrogen) atoms. The third-order valence-corrected chi connectivity index (χ3v) is 2.31. The fourth-order valence-corrected chi connectivity index (χ4v) is 1.65. The van der Waals surface area contributed by atoms with E-state index in [1.165, 1.54) is 0 Å². The van der Waals surface area contributed by atoms with Crippen LogP contribution in [0.2, 0.25) is 0 Å². The van der Waals surface area contributed by atoms with E-state index >= 15 is 0 Å². The Morgan fingerprint density at radius 2 is 2.36 bits per heavy atom. The van der Waals surface area contributed by atoms with Crippen molar-refractivity contribution in [2.75, 3.05) is 6.54 Å². The highest BCUT2D eigenvalue weighted by molar-refractivity contribution is 5.55. The van der Waals surface area contributed by atoms with E-state index in [2.05, 4.69) is 4.98 Å². The van der Waals surface area contributed by atoms with Crippen LogP contribution >= 0.6 is 0 Å². The second kappa shape index (κ2) is 3.31. The topological polar surface area (TPSA) is 63.5 Å². The molecule has 0 bridgehead atoms. The summed E-state index contributed by atoms with van der Waals surface area (Å²) in [5.74, 6) is 0.207. The number of pyridine rings is 1. The lowest BCUT2D eigenvalue weighted by Crippen LogP contribution is -2.06. The number of imidazole rings is 1. The molecular weight excluding hydrogens is 178 g/mol. The maximum atomic E-state index is 9.56. The van der Waals surface area contributed by atoms with Crippen LogP contribution in [0.1, 0.15) is 11.4 Å². The minimum Gasteiger partial charge on any atom is -0.504 e. The van der Waals surface area contributed by atoms with Gasteiger partial charge in [0.15, 0.2) is 11.4 Å². The fraction of sp³-hybridized carbons (Fsp3) is 0.300. The zero-order valence-electron chi connectivity index (χ0n) is 8.07. The van der Waals surface area contributed by atoms with Crippen molar-refractivity contribution in [1.82, 2.24) is 9.38 Å². The number of aromatic hydroxyl groups is 1. The predicted octanol–water partition coefficient (Wildman–Crippen LogP) is 0.850. The van der Waals surface area contributed by atoms with Gasteiger partial charge in [0.05, 0.1) is 5.69 Å². The maximum absolute atomic E-state index is 9.56. The number of hydrogen-bond donors (Lipinski definition) is 2. The summed E-state index contributed by atoms with van der Waals surface area (Å²) in [4.78, 5) is 4.29. The minimum atomic E-state index is 0.207. The van der Waals surface area contributed by atoms with Crippen LogP contribution in [0, 0.1) is 6.92 Å². The van der Waals surface area contributed by atoms with Crippen LogP contribution in [0.4, 0.5) is 0 Å². The van der Waals surface area contributed by atoms with E-state index in [0.29, 0.717) is 12.2 Å². The summed E-state index contributed by atoms with van der Waals surface area (Å²) >= 11 is 0. The Labute approximate surface area is 82.0 Å². The second-order valence-corrected chi connectivity index (χ2v) is 3.27. The van der Waals surface area contributed by atoms with Crippen LogP contribution in [0.3, 0.4) is 0 Å². The van der Waals surface area contributed by atoms with E-state index in [0.717, 1.165) is 17.8 Å². The molecule has 0 unspecified atom stereocenters. The Morgan fingerprint density at radius 1 is 1.57 bits per heavy atom. The van der Waals surface area contributed by atoms with Crippen molar-refractivity contribution in [2.45, 2.75) is 13.3 Å². The van der Waals surface area contributed by atoms with E-state index in [9.17, 15) is 5.11 Å². The number of hydrogen-bond acceptors (Lipinski definition) is 3. The molecule has 0 aliphatic heterocycles. The van der Waals surface area contributed by atoms with Crippen molar-refractivity contribution in [2.24, 2.45) is 5.73 Å². The molecule has 2 heterocycles. The van der Waals surface area contributed by atoms with Crippen molar-refractivity contribution < 1.29 is 5.11 Å². The molecule has 0 spiro atoms. The maximum Gasteiger partial charge on any atom is 0.179 e. The van der Waals surface area contributed by atoms with Gasteiger partial charge >= 0.3 is 0 Å². The van der Waals surface area contributed by atoms with E-state index in [1.807, 2.05) is 17.5 Å². The van der Waals surface area contributed by atoms with E-state index in [1.54, 1.807) is 12.1 Å². The molecule has 0 fully saturated rings. The van der Waals surface area contributed by atoms with E-state index in [4.69, 9.17) is 5.73 Å². The molecule has 2 aromatic rings. The Bertz CT molecular complexity index is 462. The summed E-state index contributed by atoms with van der Waals surface area (Å²) in [7, 11) is 0. The SMILES string of the molecule is Cc1nc2c(O)cccn2c1CCN. The average molecular weight is 191 g/mol. The first-order valence-electron chi connectivity index (χ1n) is 4.59. The second-order valence-electron chi connectivity index (χ2n) is 3.27. The van der Waals surface area contributed by atoms with Gasteiger partial charge in [-0.15, -0.1) is 0 Å². The van der Waals surface area contributed by atoms with Crippen molar-refractivity contribution in [3.8, 4) is 5.75 Å². The zero-order chi connectivity index (χ0) is 10.1. The highest BCUT2D eigenvalue weighted by atomic mass is 16.3. The number of rotatable bonds is 2. The van der Waals surface area contributed by atoms with E-state index in [-0.39, 0.29) is 5.75 Å². The van der Waals surface area contributed by atoms with Crippen LogP contribution < -0.4 is 5.73 Å². The van der Waals surface area contributed by atoms with Gasteiger partial charge in [-0.25, -0.2) is 4.98 Å². The van der Waals surface area contributed by atoms with Crippen LogP contribution in [0.15, 0.2) is 18.3 Å². The predicted molar refractivity (Wildman–Crippen MR) is 54.4 cm³/mol. The monoisotopic (exact) mass is 191 g/mol. The molecule has 0 saturated carbocycles. The number of aryl methyl sites for hydroxylation is 1. The van der Waals surface area contributed by atoms with Gasteiger partial charge < -0.3 is 15.2 Å². The van der Waals surface area contributed by atoms with Crippen LogP contribution in [-0.2, 0) is 6.42 Å². The molecule has 0 aliphatic carbocycles. The van der Waals surface area contributed by atoms with Gasteiger partial charge in [-0.05, 0) is 25.6 Å². The standard InChI is InChI=1S/C10H13N3O/c1-7-8(4-5-11)13-6-2-3-9(14)10(13)12-7/h2-3,6,14H,4-5,11H2,1H3. The molecule has 0 radical (unpaired) electrons. The Hall–Kier alpha value is -1.55. The zero-order valence-corrected chi connectivity index (χ0v) is 8.07. The summed E-state index contributed by atoms with van der Waals surface area (Å²) in [5, 5.41) is 9.56. The minimum absolute atomic E-state index is 0.207. The molecule has 2 rings (SSSR count). The van der Waals surface area contributed by atoms with Crippen LogP contribution in [0.5, 0.6) is 5.75 Å².